The summed E-state index contributed by atoms with van der Waals surface area (Å²) < 4.78 is 13.1. The van der Waals surface area contributed by atoms with Crippen molar-refractivity contribution in [2.75, 3.05) is 44.2 Å². The number of carbonyl (C=O) groups excluding carboxylic acids is 2. The van der Waals surface area contributed by atoms with Crippen molar-refractivity contribution in [3.8, 4) is 0 Å². The smallest absolute Gasteiger partial charge is 0.270 e. The highest BCUT2D eigenvalue weighted by Crippen LogP contribution is 2.20. The van der Waals surface area contributed by atoms with Gasteiger partial charge < -0.3 is 15.1 Å². The molecule has 1 N–H and O–H groups in total. The summed E-state index contributed by atoms with van der Waals surface area (Å²) in [5.41, 5.74) is 3.08. The second kappa shape index (κ2) is 11.5. The Hall–Kier alpha value is -3.78. The molecule has 1 aromatic heterocycles. The lowest BCUT2D eigenvalue weighted by atomic mass is 10.0. The van der Waals surface area contributed by atoms with Crippen LogP contribution in [0.15, 0.2) is 72.9 Å². The zero-order valence-electron chi connectivity index (χ0n) is 20.9. The number of halogens is 1. The number of benzene rings is 2. The van der Waals surface area contributed by atoms with Crippen molar-refractivity contribution in [2.45, 2.75) is 25.4 Å². The SMILES string of the molecule is O=C(NC1CCN(c2ccccc2)CC1)c1ccc(C(=O)N2CCN(Cc3ccc(F)cc3)CC2)cn1. The van der Waals surface area contributed by atoms with Crippen LogP contribution < -0.4 is 10.2 Å². The summed E-state index contributed by atoms with van der Waals surface area (Å²) in [5.74, 6) is -0.513. The first-order valence-corrected chi connectivity index (χ1v) is 12.9. The lowest BCUT2D eigenvalue weighted by Crippen LogP contribution is -2.48. The number of aromatic nitrogens is 1. The maximum absolute atomic E-state index is 13.1. The topological polar surface area (TPSA) is 68.8 Å². The number of hydrogen-bond donors (Lipinski definition) is 1. The number of carbonyl (C=O) groups is 2. The van der Waals surface area contributed by atoms with E-state index in [1.54, 1.807) is 24.3 Å². The van der Waals surface area contributed by atoms with Crippen LogP contribution in [0.1, 0.15) is 39.3 Å². The molecule has 2 aliphatic heterocycles. The first-order valence-electron chi connectivity index (χ1n) is 12.9. The van der Waals surface area contributed by atoms with Gasteiger partial charge in [0.2, 0.25) is 0 Å². The van der Waals surface area contributed by atoms with Crippen LogP contribution >= 0.6 is 0 Å². The van der Waals surface area contributed by atoms with Crippen LogP contribution in [0.2, 0.25) is 0 Å². The molecular formula is C29H32FN5O2. The Morgan fingerprint density at radius 3 is 2.22 bits per heavy atom. The van der Waals surface area contributed by atoms with E-state index in [1.165, 1.54) is 24.0 Å². The normalized spacial score (nSPS) is 17.0. The zero-order chi connectivity index (χ0) is 25.6. The second-order valence-corrected chi connectivity index (χ2v) is 9.70. The Morgan fingerprint density at radius 1 is 0.865 bits per heavy atom. The van der Waals surface area contributed by atoms with Gasteiger partial charge in [0, 0.05) is 63.7 Å². The van der Waals surface area contributed by atoms with E-state index in [4.69, 9.17) is 0 Å². The molecule has 5 rings (SSSR count). The number of pyridine rings is 1. The standard InChI is InChI=1S/C29H32FN5O2/c30-24-9-6-22(7-10-24)21-33-16-18-35(19-17-33)29(37)23-8-11-27(31-20-23)28(36)32-25-12-14-34(15-13-25)26-4-2-1-3-5-26/h1-11,20,25H,12-19,21H2,(H,32,36). The first-order chi connectivity index (χ1) is 18.0. The molecule has 0 saturated carbocycles. The molecule has 3 heterocycles. The van der Waals surface area contributed by atoms with E-state index >= 15 is 0 Å². The Kier molecular flexibility index (Phi) is 7.75. The summed E-state index contributed by atoms with van der Waals surface area (Å²) in [6, 6.07) is 20.3. The highest BCUT2D eigenvalue weighted by atomic mass is 19.1. The Labute approximate surface area is 216 Å². The lowest BCUT2D eigenvalue weighted by molar-refractivity contribution is 0.0627. The van der Waals surface area contributed by atoms with Crippen molar-refractivity contribution in [3.63, 3.8) is 0 Å². The molecule has 2 amide bonds. The van der Waals surface area contributed by atoms with Gasteiger partial charge in [0.15, 0.2) is 0 Å². The molecule has 0 radical (unpaired) electrons. The van der Waals surface area contributed by atoms with E-state index in [9.17, 15) is 14.0 Å². The number of para-hydroxylation sites is 1. The third-order valence-corrected chi connectivity index (χ3v) is 7.17. The van der Waals surface area contributed by atoms with Crippen LogP contribution in [0.25, 0.3) is 0 Å². The molecule has 0 atom stereocenters. The van der Waals surface area contributed by atoms with Crippen LogP contribution in [0, 0.1) is 5.82 Å². The molecule has 0 unspecified atom stereocenters. The molecule has 0 aliphatic carbocycles. The van der Waals surface area contributed by atoms with Gasteiger partial charge in [0.05, 0.1) is 5.56 Å². The van der Waals surface area contributed by atoms with Crippen molar-refractivity contribution < 1.29 is 14.0 Å². The van der Waals surface area contributed by atoms with Crippen LogP contribution in [-0.4, -0.2) is 71.9 Å². The minimum atomic E-state index is -0.236. The fraction of sp³-hybridized carbons (Fsp3) is 0.345. The largest absolute Gasteiger partial charge is 0.371 e. The summed E-state index contributed by atoms with van der Waals surface area (Å²) in [5, 5.41) is 3.10. The van der Waals surface area contributed by atoms with Gasteiger partial charge in [-0.05, 0) is 54.8 Å². The summed E-state index contributed by atoms with van der Waals surface area (Å²) in [7, 11) is 0. The number of nitrogens with zero attached hydrogens (tertiary/aromatic N) is 4. The van der Waals surface area contributed by atoms with Gasteiger partial charge in [0.25, 0.3) is 11.8 Å². The second-order valence-electron chi connectivity index (χ2n) is 9.70. The molecule has 3 aromatic rings. The van der Waals surface area contributed by atoms with Gasteiger partial charge in [-0.2, -0.15) is 0 Å². The zero-order valence-corrected chi connectivity index (χ0v) is 20.9. The fourth-order valence-corrected chi connectivity index (χ4v) is 4.97. The molecule has 7 nitrogen and oxygen atoms in total. The summed E-state index contributed by atoms with van der Waals surface area (Å²) in [6.07, 6.45) is 3.26. The van der Waals surface area contributed by atoms with Crippen molar-refractivity contribution in [3.05, 3.63) is 95.6 Å². The Balaban J connectivity index is 1.08. The summed E-state index contributed by atoms with van der Waals surface area (Å²) in [6.45, 7) is 5.26. The number of anilines is 1. The van der Waals surface area contributed by atoms with Crippen molar-refractivity contribution in [1.29, 1.82) is 0 Å². The van der Waals surface area contributed by atoms with E-state index < -0.39 is 0 Å². The van der Waals surface area contributed by atoms with Crippen molar-refractivity contribution in [1.82, 2.24) is 20.1 Å². The average Bonchev–Trinajstić information content (AvgIpc) is 2.95. The van der Waals surface area contributed by atoms with Gasteiger partial charge in [0.1, 0.15) is 11.5 Å². The van der Waals surface area contributed by atoms with Gasteiger partial charge in [-0.3, -0.25) is 19.5 Å². The van der Waals surface area contributed by atoms with E-state index in [0.29, 0.717) is 24.3 Å². The number of hydrogen-bond acceptors (Lipinski definition) is 5. The molecule has 8 heteroatoms. The van der Waals surface area contributed by atoms with Crippen LogP contribution in [0.5, 0.6) is 0 Å². The number of piperidine rings is 1. The lowest BCUT2D eigenvalue weighted by Gasteiger charge is -2.34. The molecule has 2 aliphatic rings. The van der Waals surface area contributed by atoms with Gasteiger partial charge >= 0.3 is 0 Å². The minimum absolute atomic E-state index is 0.0748. The molecule has 2 aromatic carbocycles. The van der Waals surface area contributed by atoms with Crippen LogP contribution in [0.3, 0.4) is 0 Å². The van der Waals surface area contributed by atoms with Crippen LogP contribution in [-0.2, 0) is 6.54 Å². The van der Waals surface area contributed by atoms with E-state index in [-0.39, 0.29) is 23.7 Å². The molecule has 2 saturated heterocycles. The number of rotatable bonds is 6. The highest BCUT2D eigenvalue weighted by Gasteiger charge is 2.24. The molecule has 0 spiro atoms. The quantitative estimate of drug-likeness (QED) is 0.559. The van der Waals surface area contributed by atoms with Gasteiger partial charge in [-0.15, -0.1) is 0 Å². The van der Waals surface area contributed by atoms with Crippen molar-refractivity contribution >= 4 is 17.5 Å². The molecule has 192 valence electrons. The number of amides is 2. The third-order valence-electron chi connectivity index (χ3n) is 7.17. The van der Waals surface area contributed by atoms with E-state index in [2.05, 4.69) is 32.2 Å². The van der Waals surface area contributed by atoms with Gasteiger partial charge in [-0.25, -0.2) is 4.39 Å². The van der Waals surface area contributed by atoms with Gasteiger partial charge in [-0.1, -0.05) is 30.3 Å². The monoisotopic (exact) mass is 501 g/mol. The predicted octanol–water partition coefficient (Wildman–Crippen LogP) is 3.58. The molecule has 37 heavy (non-hydrogen) atoms. The summed E-state index contributed by atoms with van der Waals surface area (Å²) in [4.78, 5) is 36.4. The maximum Gasteiger partial charge on any atom is 0.270 e. The summed E-state index contributed by atoms with van der Waals surface area (Å²) >= 11 is 0. The van der Waals surface area contributed by atoms with E-state index in [0.717, 1.165) is 51.1 Å². The Morgan fingerprint density at radius 2 is 1.57 bits per heavy atom. The Bertz CT molecular complexity index is 1190. The van der Waals surface area contributed by atoms with Crippen molar-refractivity contribution in [2.24, 2.45) is 0 Å². The highest BCUT2D eigenvalue weighted by molar-refractivity contribution is 5.96. The minimum Gasteiger partial charge on any atom is -0.371 e. The third kappa shape index (κ3) is 6.32. The number of nitrogens with one attached hydrogen (secondary N) is 1. The maximum atomic E-state index is 13.1. The number of piperazine rings is 1. The van der Waals surface area contributed by atoms with Crippen LogP contribution in [0.4, 0.5) is 10.1 Å². The molecule has 0 bridgehead atoms. The average molecular weight is 502 g/mol. The fourth-order valence-electron chi connectivity index (χ4n) is 4.97. The molecular weight excluding hydrogens is 469 g/mol. The van der Waals surface area contributed by atoms with E-state index in [1.807, 2.05) is 23.1 Å². The molecule has 2 fully saturated rings. The first kappa shape index (κ1) is 24.9. The predicted molar refractivity (Wildman–Crippen MR) is 141 cm³/mol.